The Bertz CT molecular complexity index is 952. The van der Waals surface area contributed by atoms with Gasteiger partial charge in [-0.2, -0.15) is 0 Å². The normalized spacial score (nSPS) is 11.1. The van der Waals surface area contributed by atoms with E-state index in [1.165, 1.54) is 5.56 Å². The number of carbonyl (C=O) groups excluding carboxylic acids is 1. The van der Waals surface area contributed by atoms with E-state index in [1.54, 1.807) is 6.20 Å². The van der Waals surface area contributed by atoms with Gasteiger partial charge >= 0.3 is 0 Å². The summed E-state index contributed by atoms with van der Waals surface area (Å²) < 4.78 is 5.82. The van der Waals surface area contributed by atoms with Crippen LogP contribution >= 0.6 is 11.6 Å². The summed E-state index contributed by atoms with van der Waals surface area (Å²) in [7, 11) is 0. The summed E-state index contributed by atoms with van der Waals surface area (Å²) in [6.07, 6.45) is 2.41. The van der Waals surface area contributed by atoms with E-state index in [-0.39, 0.29) is 12.3 Å². The van der Waals surface area contributed by atoms with Gasteiger partial charge in [-0.1, -0.05) is 55.8 Å². The molecule has 1 N–H and O–H groups in total. The van der Waals surface area contributed by atoms with Crippen molar-refractivity contribution in [2.75, 3.05) is 5.32 Å². The van der Waals surface area contributed by atoms with Crippen LogP contribution in [0.5, 0.6) is 0 Å². The second-order valence-electron chi connectivity index (χ2n) is 7.38. The van der Waals surface area contributed by atoms with Crippen LogP contribution in [-0.2, 0) is 11.2 Å². The molecule has 0 bridgehead atoms. The fourth-order valence-corrected chi connectivity index (χ4v) is 3.46. The van der Waals surface area contributed by atoms with Crippen LogP contribution in [0, 0.1) is 13.8 Å². The first-order valence-corrected chi connectivity index (χ1v) is 9.83. The van der Waals surface area contributed by atoms with Gasteiger partial charge in [0.1, 0.15) is 0 Å². The summed E-state index contributed by atoms with van der Waals surface area (Å²) in [6, 6.07) is 12.1. The van der Waals surface area contributed by atoms with E-state index in [1.807, 2.05) is 38.1 Å². The predicted octanol–water partition coefficient (Wildman–Crippen LogP) is 6.31. The van der Waals surface area contributed by atoms with Crippen molar-refractivity contribution < 1.29 is 9.21 Å². The molecule has 0 aliphatic heterocycles. The van der Waals surface area contributed by atoms with Crippen LogP contribution in [0.25, 0.3) is 11.3 Å². The smallest absolute Gasteiger partial charge is 0.224 e. The van der Waals surface area contributed by atoms with Gasteiger partial charge in [0.2, 0.25) is 5.91 Å². The zero-order valence-electron chi connectivity index (χ0n) is 16.7. The Kier molecular flexibility index (Phi) is 6.20. The lowest BCUT2D eigenvalue weighted by Crippen LogP contribution is -2.13. The molecule has 28 heavy (non-hydrogen) atoms. The number of aryl methyl sites for hydroxylation is 3. The Hall–Kier alpha value is -2.59. The maximum absolute atomic E-state index is 12.3. The fraction of sp³-hybridized carbons (Fsp3) is 0.304. The van der Waals surface area contributed by atoms with Crippen molar-refractivity contribution in [2.24, 2.45) is 0 Å². The van der Waals surface area contributed by atoms with E-state index in [9.17, 15) is 4.79 Å². The summed E-state index contributed by atoms with van der Waals surface area (Å²) in [5, 5.41) is 3.44. The zero-order valence-corrected chi connectivity index (χ0v) is 17.4. The zero-order chi connectivity index (χ0) is 20.3. The molecule has 0 aliphatic rings. The average molecular weight is 397 g/mol. The number of nitrogens with zero attached hydrogens (tertiary/aromatic N) is 1. The summed E-state index contributed by atoms with van der Waals surface area (Å²) in [5.74, 6) is 1.63. The minimum atomic E-state index is -0.116. The maximum Gasteiger partial charge on any atom is 0.224 e. The monoisotopic (exact) mass is 396 g/mol. The second-order valence-corrected chi connectivity index (χ2v) is 7.79. The summed E-state index contributed by atoms with van der Waals surface area (Å²) in [5.41, 5.74) is 4.94. The number of oxazole rings is 1. The highest BCUT2D eigenvalue weighted by molar-refractivity contribution is 6.34. The van der Waals surface area contributed by atoms with Gasteiger partial charge in [0.05, 0.1) is 16.9 Å². The van der Waals surface area contributed by atoms with Crippen molar-refractivity contribution in [3.05, 3.63) is 70.2 Å². The van der Waals surface area contributed by atoms with Crippen molar-refractivity contribution >= 4 is 23.2 Å². The lowest BCUT2D eigenvalue weighted by Gasteiger charge is -2.11. The van der Waals surface area contributed by atoms with E-state index in [0.717, 1.165) is 16.7 Å². The summed E-state index contributed by atoms with van der Waals surface area (Å²) in [6.45, 7) is 8.23. The summed E-state index contributed by atoms with van der Waals surface area (Å²) >= 11 is 6.25. The van der Waals surface area contributed by atoms with Crippen LogP contribution in [-0.4, -0.2) is 10.9 Å². The predicted molar refractivity (Wildman–Crippen MR) is 114 cm³/mol. The number of halogens is 1. The van der Waals surface area contributed by atoms with E-state index < -0.39 is 0 Å². The van der Waals surface area contributed by atoms with E-state index in [0.29, 0.717) is 34.7 Å². The maximum atomic E-state index is 12.3. The molecule has 3 aromatic rings. The molecular weight excluding hydrogens is 372 g/mol. The first kappa shape index (κ1) is 20.2. The molecule has 146 valence electrons. The van der Waals surface area contributed by atoms with Crippen molar-refractivity contribution in [3.63, 3.8) is 0 Å². The number of hydrogen-bond acceptors (Lipinski definition) is 3. The molecule has 0 radical (unpaired) electrons. The molecule has 4 nitrogen and oxygen atoms in total. The molecule has 0 spiro atoms. The van der Waals surface area contributed by atoms with Crippen LogP contribution in [0.15, 0.2) is 47.0 Å². The van der Waals surface area contributed by atoms with Crippen LogP contribution in [0.1, 0.15) is 48.8 Å². The topological polar surface area (TPSA) is 55.1 Å². The third-order valence-corrected chi connectivity index (χ3v) is 4.98. The Morgan fingerprint density at radius 3 is 2.54 bits per heavy atom. The molecule has 5 heteroatoms. The van der Waals surface area contributed by atoms with Crippen molar-refractivity contribution in [3.8, 4) is 11.3 Å². The van der Waals surface area contributed by atoms with Crippen LogP contribution in [0.2, 0.25) is 5.02 Å². The first-order valence-electron chi connectivity index (χ1n) is 9.45. The van der Waals surface area contributed by atoms with Crippen LogP contribution in [0.3, 0.4) is 0 Å². The van der Waals surface area contributed by atoms with Gasteiger partial charge in [0.25, 0.3) is 0 Å². The van der Waals surface area contributed by atoms with E-state index >= 15 is 0 Å². The lowest BCUT2D eigenvalue weighted by molar-refractivity contribution is -0.116. The highest BCUT2D eigenvalue weighted by atomic mass is 35.5. The fourth-order valence-electron chi connectivity index (χ4n) is 3.09. The van der Waals surface area contributed by atoms with Crippen molar-refractivity contribution in [2.45, 2.75) is 46.5 Å². The number of carbonyl (C=O) groups is 1. The molecule has 0 atom stereocenters. The van der Waals surface area contributed by atoms with Gasteiger partial charge in [-0.25, -0.2) is 4.98 Å². The average Bonchev–Trinajstić information content (AvgIpc) is 3.12. The minimum absolute atomic E-state index is 0.116. The van der Waals surface area contributed by atoms with E-state index in [2.05, 4.69) is 36.3 Å². The number of aromatic nitrogens is 1. The van der Waals surface area contributed by atoms with Crippen LogP contribution < -0.4 is 5.32 Å². The number of rotatable bonds is 6. The molecular formula is C23H25ClN2O2. The van der Waals surface area contributed by atoms with Gasteiger partial charge in [-0.15, -0.1) is 0 Å². The quantitative estimate of drug-likeness (QED) is 0.531. The highest BCUT2D eigenvalue weighted by Crippen LogP contribution is 2.28. The Morgan fingerprint density at radius 2 is 1.89 bits per heavy atom. The number of anilines is 1. The van der Waals surface area contributed by atoms with Gasteiger partial charge in [0, 0.05) is 18.4 Å². The molecule has 0 fully saturated rings. The molecule has 1 amide bonds. The Labute approximate surface area is 170 Å². The standard InChI is InChI=1S/C23H25ClN2O2/c1-14(2)17-5-7-18(8-6-17)20-13-25-22(28-20)10-9-21(27)26-23-16(4)11-15(3)12-19(23)24/h5-8,11-14H,9-10H2,1-4H3,(H,26,27). The largest absolute Gasteiger partial charge is 0.441 e. The van der Waals surface area contributed by atoms with Gasteiger partial charge in [0.15, 0.2) is 11.7 Å². The third-order valence-electron chi connectivity index (χ3n) is 4.68. The number of hydrogen-bond donors (Lipinski definition) is 1. The SMILES string of the molecule is Cc1cc(C)c(NC(=O)CCc2ncc(-c3ccc(C(C)C)cc3)o2)c(Cl)c1. The number of amides is 1. The lowest BCUT2D eigenvalue weighted by atomic mass is 10.0. The Morgan fingerprint density at radius 1 is 1.18 bits per heavy atom. The molecule has 2 aromatic carbocycles. The van der Waals surface area contributed by atoms with Crippen molar-refractivity contribution in [1.29, 1.82) is 0 Å². The molecule has 1 aromatic heterocycles. The Balaban J connectivity index is 1.60. The van der Waals surface area contributed by atoms with Gasteiger partial charge < -0.3 is 9.73 Å². The summed E-state index contributed by atoms with van der Waals surface area (Å²) in [4.78, 5) is 16.6. The van der Waals surface area contributed by atoms with Gasteiger partial charge in [-0.3, -0.25) is 4.79 Å². The van der Waals surface area contributed by atoms with E-state index in [4.69, 9.17) is 16.0 Å². The second kappa shape index (κ2) is 8.61. The van der Waals surface area contributed by atoms with Gasteiger partial charge in [-0.05, 0) is 42.5 Å². The van der Waals surface area contributed by atoms with Crippen LogP contribution in [0.4, 0.5) is 5.69 Å². The minimum Gasteiger partial charge on any atom is -0.441 e. The number of nitrogens with one attached hydrogen (secondary N) is 1. The highest BCUT2D eigenvalue weighted by Gasteiger charge is 2.12. The molecule has 0 saturated heterocycles. The number of benzene rings is 2. The third kappa shape index (κ3) is 4.82. The molecule has 0 aliphatic carbocycles. The first-order chi connectivity index (χ1) is 13.3. The van der Waals surface area contributed by atoms with Crippen molar-refractivity contribution in [1.82, 2.24) is 4.98 Å². The molecule has 1 heterocycles. The molecule has 3 rings (SSSR count). The molecule has 0 unspecified atom stereocenters. The molecule has 0 saturated carbocycles.